The number of rotatable bonds is 2. The highest BCUT2D eigenvalue weighted by molar-refractivity contribution is 7.98. The van der Waals surface area contributed by atoms with E-state index in [1.807, 2.05) is 40.9 Å². The van der Waals surface area contributed by atoms with Crippen molar-refractivity contribution in [2.24, 2.45) is 0 Å². The Labute approximate surface area is 113 Å². The normalized spacial score (nSPS) is 21.3. The molecule has 0 spiro atoms. The molecule has 1 aliphatic heterocycles. The van der Waals surface area contributed by atoms with Crippen LogP contribution in [0.2, 0.25) is 0 Å². The third-order valence-electron chi connectivity index (χ3n) is 3.68. The molecule has 0 amide bonds. The first kappa shape index (κ1) is 13.8. The van der Waals surface area contributed by atoms with Gasteiger partial charge in [-0.05, 0) is 40.9 Å². The summed E-state index contributed by atoms with van der Waals surface area (Å²) in [6.45, 7) is 10.1. The van der Waals surface area contributed by atoms with E-state index in [-0.39, 0.29) is 18.3 Å². The van der Waals surface area contributed by atoms with Crippen LogP contribution in [0.25, 0.3) is 0 Å². The summed E-state index contributed by atoms with van der Waals surface area (Å²) in [5, 5.41) is 0.771. The predicted molar refractivity (Wildman–Crippen MR) is 74.3 cm³/mol. The summed E-state index contributed by atoms with van der Waals surface area (Å²) in [7, 11) is -0.383. The van der Waals surface area contributed by atoms with Crippen LogP contribution < -0.4 is 5.46 Å². The first-order chi connectivity index (χ1) is 8.27. The second-order valence-corrected chi connectivity index (χ2v) is 6.26. The van der Waals surface area contributed by atoms with E-state index in [9.17, 15) is 0 Å². The molecule has 1 aromatic rings. The molecular formula is C12H19BN2O2S. The Bertz CT molecular complexity index is 449. The van der Waals surface area contributed by atoms with Crippen molar-refractivity contribution >= 4 is 24.3 Å². The van der Waals surface area contributed by atoms with Crippen LogP contribution >= 0.6 is 11.8 Å². The summed E-state index contributed by atoms with van der Waals surface area (Å²) in [6, 6.07) is 0. The van der Waals surface area contributed by atoms with Gasteiger partial charge in [-0.3, -0.25) is 0 Å². The van der Waals surface area contributed by atoms with Crippen molar-refractivity contribution in [3.8, 4) is 0 Å². The quantitative estimate of drug-likeness (QED) is 0.464. The van der Waals surface area contributed by atoms with Gasteiger partial charge in [-0.2, -0.15) is 0 Å². The Balaban J connectivity index is 2.30. The topological polar surface area (TPSA) is 44.2 Å². The molecule has 0 aliphatic carbocycles. The van der Waals surface area contributed by atoms with Crippen molar-refractivity contribution in [1.29, 1.82) is 0 Å². The lowest BCUT2D eigenvalue weighted by Gasteiger charge is -2.32. The van der Waals surface area contributed by atoms with Gasteiger partial charge in [-0.15, -0.1) is 0 Å². The molecule has 1 fully saturated rings. The van der Waals surface area contributed by atoms with Crippen LogP contribution in [0.4, 0.5) is 0 Å². The average molecular weight is 266 g/mol. The number of hydrogen-bond acceptors (Lipinski definition) is 5. The Kier molecular flexibility index (Phi) is 3.47. The van der Waals surface area contributed by atoms with E-state index in [0.29, 0.717) is 0 Å². The molecule has 1 aromatic heterocycles. The largest absolute Gasteiger partial charge is 0.498 e. The highest BCUT2D eigenvalue weighted by atomic mass is 32.2. The molecule has 18 heavy (non-hydrogen) atoms. The SMILES string of the molecule is CSc1ncc(B2OC(C)(C)C(C)(C)O2)c(C)n1. The Morgan fingerprint density at radius 1 is 1.17 bits per heavy atom. The minimum absolute atomic E-state index is 0.331. The zero-order valence-electron chi connectivity index (χ0n) is 11.8. The molecule has 98 valence electrons. The second-order valence-electron chi connectivity index (χ2n) is 5.49. The van der Waals surface area contributed by atoms with Gasteiger partial charge < -0.3 is 9.31 Å². The minimum Gasteiger partial charge on any atom is -0.399 e. The predicted octanol–water partition coefficient (Wildman–Crippen LogP) is 1.81. The molecule has 1 saturated heterocycles. The maximum atomic E-state index is 6.00. The van der Waals surface area contributed by atoms with Gasteiger partial charge in [0.25, 0.3) is 0 Å². The van der Waals surface area contributed by atoms with Crippen LogP contribution in [0, 0.1) is 6.92 Å². The molecular weight excluding hydrogens is 247 g/mol. The smallest absolute Gasteiger partial charge is 0.399 e. The maximum Gasteiger partial charge on any atom is 0.498 e. The van der Waals surface area contributed by atoms with Crippen molar-refractivity contribution in [2.45, 2.75) is 51.0 Å². The molecule has 0 bridgehead atoms. The Hall–Kier alpha value is -0.585. The lowest BCUT2D eigenvalue weighted by Crippen LogP contribution is -2.41. The van der Waals surface area contributed by atoms with Crippen LogP contribution in [-0.4, -0.2) is 34.5 Å². The molecule has 4 nitrogen and oxygen atoms in total. The van der Waals surface area contributed by atoms with Gasteiger partial charge in [0.05, 0.1) is 11.2 Å². The molecule has 0 N–H and O–H groups in total. The van der Waals surface area contributed by atoms with Crippen LogP contribution in [0.1, 0.15) is 33.4 Å². The van der Waals surface area contributed by atoms with E-state index in [2.05, 4.69) is 9.97 Å². The summed E-state index contributed by atoms with van der Waals surface area (Å²) in [5.41, 5.74) is 1.16. The summed E-state index contributed by atoms with van der Waals surface area (Å²) in [6.07, 6.45) is 3.76. The lowest BCUT2D eigenvalue weighted by molar-refractivity contribution is 0.00578. The van der Waals surface area contributed by atoms with Gasteiger partial charge >= 0.3 is 7.12 Å². The average Bonchev–Trinajstić information content (AvgIpc) is 2.47. The van der Waals surface area contributed by atoms with E-state index < -0.39 is 0 Å². The van der Waals surface area contributed by atoms with E-state index in [0.717, 1.165) is 16.3 Å². The fourth-order valence-corrected chi connectivity index (χ4v) is 2.14. The van der Waals surface area contributed by atoms with E-state index in [4.69, 9.17) is 9.31 Å². The van der Waals surface area contributed by atoms with Crippen LogP contribution in [0.15, 0.2) is 11.4 Å². The summed E-state index contributed by atoms with van der Waals surface area (Å²) >= 11 is 1.53. The van der Waals surface area contributed by atoms with Crippen LogP contribution in [0.5, 0.6) is 0 Å². The lowest BCUT2D eigenvalue weighted by atomic mass is 9.79. The number of nitrogens with zero attached hydrogens (tertiary/aromatic N) is 2. The molecule has 1 aliphatic rings. The Morgan fingerprint density at radius 3 is 2.17 bits per heavy atom. The molecule has 2 rings (SSSR count). The van der Waals surface area contributed by atoms with E-state index >= 15 is 0 Å². The standard InChI is InChI=1S/C12H19BN2O2S/c1-8-9(7-14-10(15-8)18-6)13-16-11(2,3)12(4,5)17-13/h7H,1-6H3. The number of aryl methyl sites for hydroxylation is 1. The molecule has 2 heterocycles. The van der Waals surface area contributed by atoms with Gasteiger partial charge in [0.1, 0.15) is 0 Å². The Morgan fingerprint density at radius 2 is 1.72 bits per heavy atom. The van der Waals surface area contributed by atoms with Crippen LogP contribution in [0.3, 0.4) is 0 Å². The van der Waals surface area contributed by atoms with Gasteiger partial charge in [-0.25, -0.2) is 9.97 Å². The summed E-state index contributed by atoms with van der Waals surface area (Å²) < 4.78 is 12.0. The minimum atomic E-state index is -0.383. The molecule has 0 unspecified atom stereocenters. The number of thioether (sulfide) groups is 1. The molecule has 6 heteroatoms. The van der Waals surface area contributed by atoms with Crippen LogP contribution in [-0.2, 0) is 9.31 Å². The third-order valence-corrected chi connectivity index (χ3v) is 4.25. The zero-order chi connectivity index (χ0) is 13.6. The number of hydrogen-bond donors (Lipinski definition) is 0. The maximum absolute atomic E-state index is 6.00. The number of aromatic nitrogens is 2. The monoisotopic (exact) mass is 266 g/mol. The molecule has 0 atom stereocenters. The van der Waals surface area contributed by atoms with Gasteiger partial charge in [0.2, 0.25) is 0 Å². The highest BCUT2D eigenvalue weighted by Crippen LogP contribution is 2.36. The van der Waals surface area contributed by atoms with Crippen molar-refractivity contribution in [2.75, 3.05) is 6.26 Å². The van der Waals surface area contributed by atoms with Crippen molar-refractivity contribution in [1.82, 2.24) is 9.97 Å². The molecule has 0 radical (unpaired) electrons. The summed E-state index contributed by atoms with van der Waals surface area (Å²) in [5.74, 6) is 0. The second kappa shape index (κ2) is 4.51. The first-order valence-electron chi connectivity index (χ1n) is 6.00. The van der Waals surface area contributed by atoms with E-state index in [1.54, 1.807) is 6.20 Å². The summed E-state index contributed by atoms with van der Waals surface area (Å²) in [4.78, 5) is 8.71. The highest BCUT2D eigenvalue weighted by Gasteiger charge is 2.52. The van der Waals surface area contributed by atoms with Gasteiger partial charge in [0, 0.05) is 17.4 Å². The van der Waals surface area contributed by atoms with Crippen molar-refractivity contribution in [3.63, 3.8) is 0 Å². The van der Waals surface area contributed by atoms with Gasteiger partial charge in [-0.1, -0.05) is 11.8 Å². The van der Waals surface area contributed by atoms with Crippen molar-refractivity contribution in [3.05, 3.63) is 11.9 Å². The first-order valence-corrected chi connectivity index (χ1v) is 7.22. The zero-order valence-corrected chi connectivity index (χ0v) is 12.6. The molecule has 0 aromatic carbocycles. The van der Waals surface area contributed by atoms with Crippen molar-refractivity contribution < 1.29 is 9.31 Å². The fraction of sp³-hybridized carbons (Fsp3) is 0.667. The third kappa shape index (κ3) is 2.29. The van der Waals surface area contributed by atoms with E-state index in [1.165, 1.54) is 11.8 Å². The fourth-order valence-electron chi connectivity index (χ4n) is 1.75. The van der Waals surface area contributed by atoms with Gasteiger partial charge in [0.15, 0.2) is 5.16 Å². The molecule has 0 saturated carbocycles.